The molecule has 8 nitrogen and oxygen atoms in total. The lowest BCUT2D eigenvalue weighted by molar-refractivity contribution is 0.0951. The molecule has 0 saturated carbocycles. The number of fused-ring (bicyclic) bond motifs is 1. The normalized spacial score (nSPS) is 13.9. The van der Waals surface area contributed by atoms with E-state index in [9.17, 15) is 9.59 Å². The summed E-state index contributed by atoms with van der Waals surface area (Å²) in [6.45, 7) is 5.75. The summed E-state index contributed by atoms with van der Waals surface area (Å²) in [6.07, 6.45) is 0.861. The van der Waals surface area contributed by atoms with Gasteiger partial charge in [0, 0.05) is 49.0 Å². The molecule has 40 heavy (non-hydrogen) atoms. The Balaban J connectivity index is 1.12. The minimum atomic E-state index is -0.201. The molecule has 0 atom stereocenters. The van der Waals surface area contributed by atoms with Gasteiger partial charge in [0.25, 0.3) is 11.5 Å². The molecule has 1 aromatic heterocycles. The number of halogens is 1. The Bertz CT molecular complexity index is 1590. The van der Waals surface area contributed by atoms with Crippen LogP contribution in [-0.4, -0.2) is 66.7 Å². The lowest BCUT2D eigenvalue weighted by Crippen LogP contribution is -2.47. The number of ether oxygens (including phenoxy) is 1. The number of hydrogen-bond acceptors (Lipinski definition) is 6. The number of methoxy groups -OCH3 is 1. The number of carbonyl (C=O) groups is 1. The predicted octanol–water partition coefficient (Wildman–Crippen LogP) is 4.71. The molecule has 0 unspecified atom stereocenters. The van der Waals surface area contributed by atoms with Crippen molar-refractivity contribution >= 4 is 46.3 Å². The molecule has 10 heteroatoms. The van der Waals surface area contributed by atoms with E-state index in [1.54, 1.807) is 37.4 Å². The molecule has 1 amide bonds. The van der Waals surface area contributed by atoms with Crippen molar-refractivity contribution < 1.29 is 9.53 Å². The number of benzene rings is 3. The van der Waals surface area contributed by atoms with Crippen LogP contribution in [0.3, 0.4) is 0 Å². The largest absolute Gasteiger partial charge is 0.497 e. The van der Waals surface area contributed by atoms with Crippen LogP contribution in [0.15, 0.2) is 71.5 Å². The van der Waals surface area contributed by atoms with Gasteiger partial charge in [-0.2, -0.15) is 0 Å². The quantitative estimate of drug-likeness (QED) is 0.221. The molecular formula is C30H32ClN5O3S. The smallest absolute Gasteiger partial charge is 0.262 e. The molecule has 0 aliphatic carbocycles. The lowest BCUT2D eigenvalue weighted by atomic mass is 10.1. The second-order valence-corrected chi connectivity index (χ2v) is 10.7. The summed E-state index contributed by atoms with van der Waals surface area (Å²) in [7, 11) is 1.68. The first kappa shape index (κ1) is 27.9. The highest BCUT2D eigenvalue weighted by Crippen LogP contribution is 2.20. The van der Waals surface area contributed by atoms with E-state index in [-0.39, 0.29) is 11.5 Å². The maximum absolute atomic E-state index is 13.1. The van der Waals surface area contributed by atoms with Crippen molar-refractivity contribution in [1.29, 1.82) is 0 Å². The molecule has 1 saturated heterocycles. The number of hydrogen-bond donors (Lipinski definition) is 2. The third kappa shape index (κ3) is 6.55. The molecule has 5 rings (SSSR count). The number of nitrogens with zero attached hydrogens (tertiary/aromatic N) is 3. The van der Waals surface area contributed by atoms with Crippen LogP contribution in [0.1, 0.15) is 22.3 Å². The van der Waals surface area contributed by atoms with Gasteiger partial charge in [0.05, 0.1) is 24.6 Å². The van der Waals surface area contributed by atoms with E-state index in [2.05, 4.69) is 32.2 Å². The van der Waals surface area contributed by atoms with Crippen molar-refractivity contribution in [2.45, 2.75) is 13.0 Å². The zero-order chi connectivity index (χ0) is 28.1. The van der Waals surface area contributed by atoms with Crippen LogP contribution < -0.4 is 20.5 Å². The first-order valence-corrected chi connectivity index (χ1v) is 14.1. The van der Waals surface area contributed by atoms with Crippen molar-refractivity contribution in [3.05, 3.63) is 98.0 Å². The molecule has 2 heterocycles. The molecule has 1 aliphatic rings. The molecule has 1 aliphatic heterocycles. The Hall–Kier alpha value is -3.66. The van der Waals surface area contributed by atoms with Gasteiger partial charge in [-0.1, -0.05) is 23.7 Å². The van der Waals surface area contributed by atoms with Crippen molar-refractivity contribution in [2.75, 3.05) is 51.3 Å². The molecule has 2 N–H and O–H groups in total. The maximum Gasteiger partial charge on any atom is 0.262 e. The zero-order valence-electron chi connectivity index (χ0n) is 22.4. The van der Waals surface area contributed by atoms with E-state index in [1.165, 1.54) is 10.3 Å². The van der Waals surface area contributed by atoms with Crippen LogP contribution in [0.2, 0.25) is 5.02 Å². The summed E-state index contributed by atoms with van der Waals surface area (Å²) in [5.74, 6) is 0.695. The van der Waals surface area contributed by atoms with Crippen LogP contribution in [-0.2, 0) is 6.54 Å². The fourth-order valence-corrected chi connectivity index (χ4v) is 5.32. The number of piperazine rings is 1. The average molecular weight is 578 g/mol. The zero-order valence-corrected chi connectivity index (χ0v) is 23.9. The van der Waals surface area contributed by atoms with Gasteiger partial charge in [0.1, 0.15) is 5.75 Å². The number of anilines is 1. The second kappa shape index (κ2) is 12.7. The highest BCUT2D eigenvalue weighted by atomic mass is 35.5. The number of amides is 1. The van der Waals surface area contributed by atoms with E-state index in [0.29, 0.717) is 39.3 Å². The fraction of sp³-hybridized carbons (Fsp3) is 0.300. The minimum absolute atomic E-state index is 0.170. The third-order valence-electron chi connectivity index (χ3n) is 7.24. The van der Waals surface area contributed by atoms with Gasteiger partial charge >= 0.3 is 0 Å². The summed E-state index contributed by atoms with van der Waals surface area (Å²) in [4.78, 5) is 33.9. The number of nitrogens with one attached hydrogen (secondary N) is 2. The van der Waals surface area contributed by atoms with Gasteiger partial charge in [-0.15, -0.1) is 0 Å². The molecule has 0 spiro atoms. The van der Waals surface area contributed by atoms with Gasteiger partial charge in [0.2, 0.25) is 0 Å². The van der Waals surface area contributed by atoms with Gasteiger partial charge in [-0.3, -0.25) is 19.1 Å². The molecule has 3 aromatic carbocycles. The van der Waals surface area contributed by atoms with Crippen molar-refractivity contribution in [3.63, 3.8) is 0 Å². The molecule has 0 radical (unpaired) electrons. The standard InChI is InChI=1S/C30H32ClN5O3S/c1-39-25-10-8-24(9-11-25)35-17-15-34(16-18-35)14-2-13-32-28(37)22-5-12-26-27(19-22)33-30(40)36(29(26)38)20-21-3-6-23(31)7-4-21/h3-12,19H,2,13-18,20H2,1H3,(H,32,37)(H,33,40). The van der Waals surface area contributed by atoms with Crippen LogP contribution >= 0.6 is 23.8 Å². The lowest BCUT2D eigenvalue weighted by Gasteiger charge is -2.36. The van der Waals surface area contributed by atoms with E-state index in [1.807, 2.05) is 24.3 Å². The summed E-state index contributed by atoms with van der Waals surface area (Å²) in [6, 6.07) is 20.5. The monoisotopic (exact) mass is 577 g/mol. The Kier molecular flexibility index (Phi) is 8.84. The van der Waals surface area contributed by atoms with Crippen LogP contribution in [0.5, 0.6) is 5.75 Å². The molecular weight excluding hydrogens is 546 g/mol. The van der Waals surface area contributed by atoms with Gasteiger partial charge in [0.15, 0.2) is 4.77 Å². The fourth-order valence-electron chi connectivity index (χ4n) is 4.94. The summed E-state index contributed by atoms with van der Waals surface area (Å²) in [5.41, 5.74) is 2.96. The summed E-state index contributed by atoms with van der Waals surface area (Å²) < 4.78 is 7.06. The number of aromatic amines is 1. The van der Waals surface area contributed by atoms with Crippen LogP contribution in [0, 0.1) is 4.77 Å². The Morgan fingerprint density at radius 1 is 1.02 bits per heavy atom. The van der Waals surface area contributed by atoms with Crippen molar-refractivity contribution in [1.82, 2.24) is 19.8 Å². The van der Waals surface area contributed by atoms with E-state index in [0.717, 1.165) is 50.5 Å². The van der Waals surface area contributed by atoms with E-state index < -0.39 is 0 Å². The highest BCUT2D eigenvalue weighted by Gasteiger charge is 2.17. The van der Waals surface area contributed by atoms with Gasteiger partial charge < -0.3 is 19.9 Å². The van der Waals surface area contributed by atoms with Crippen molar-refractivity contribution in [3.8, 4) is 5.75 Å². The Morgan fingerprint density at radius 2 is 1.75 bits per heavy atom. The van der Waals surface area contributed by atoms with Crippen LogP contribution in [0.4, 0.5) is 5.69 Å². The molecule has 0 bridgehead atoms. The van der Waals surface area contributed by atoms with E-state index >= 15 is 0 Å². The first-order valence-electron chi connectivity index (χ1n) is 13.3. The number of H-pyrrole nitrogens is 1. The van der Waals surface area contributed by atoms with E-state index in [4.69, 9.17) is 28.6 Å². The number of carbonyl (C=O) groups excluding carboxylic acids is 1. The highest BCUT2D eigenvalue weighted by molar-refractivity contribution is 7.71. The first-order chi connectivity index (χ1) is 19.4. The summed E-state index contributed by atoms with van der Waals surface area (Å²) >= 11 is 11.4. The SMILES string of the molecule is COc1ccc(N2CCN(CCCNC(=O)c3ccc4c(=O)n(Cc5ccc(Cl)cc5)c(=S)[nH]c4c3)CC2)cc1. The molecule has 4 aromatic rings. The van der Waals surface area contributed by atoms with Gasteiger partial charge in [-0.05, 0) is 85.3 Å². The van der Waals surface area contributed by atoms with Crippen LogP contribution in [0.25, 0.3) is 10.9 Å². The maximum atomic E-state index is 13.1. The average Bonchev–Trinajstić information content (AvgIpc) is 2.98. The third-order valence-corrected chi connectivity index (χ3v) is 7.82. The number of rotatable bonds is 9. The topological polar surface area (TPSA) is 82.6 Å². The Morgan fingerprint density at radius 3 is 2.45 bits per heavy atom. The van der Waals surface area contributed by atoms with Crippen molar-refractivity contribution in [2.24, 2.45) is 0 Å². The minimum Gasteiger partial charge on any atom is -0.497 e. The summed E-state index contributed by atoms with van der Waals surface area (Å²) in [5, 5.41) is 4.12. The Labute approximate surface area is 243 Å². The number of aromatic nitrogens is 2. The van der Waals surface area contributed by atoms with Gasteiger partial charge in [-0.25, -0.2) is 0 Å². The predicted molar refractivity (Wildman–Crippen MR) is 163 cm³/mol. The second-order valence-electron chi connectivity index (χ2n) is 9.84. The molecule has 208 valence electrons. The molecule has 1 fully saturated rings.